The third-order valence-corrected chi connectivity index (χ3v) is 10.1. The fourth-order valence-electron chi connectivity index (χ4n) is 6.84. The largest absolute Gasteiger partial charge is 2.00 e. The molecular weight excluding hydrogens is 719 g/mol. The molecule has 0 radical (unpaired) electrons. The van der Waals surface area contributed by atoms with Gasteiger partial charge in [-0.2, -0.15) is 0 Å². The fourth-order valence-corrected chi connectivity index (χ4v) is 6.84. The van der Waals surface area contributed by atoms with E-state index >= 15 is 0 Å². The summed E-state index contributed by atoms with van der Waals surface area (Å²) in [6.07, 6.45) is 30.7. The first-order valence-corrected chi connectivity index (χ1v) is 22.2. The fraction of sp³-hybridized carbons (Fsp3) is 0.600. The summed E-state index contributed by atoms with van der Waals surface area (Å²) in [4.78, 5) is 10.4. The number of rotatable bonds is 27. The second-order valence-electron chi connectivity index (χ2n) is 15.4. The second kappa shape index (κ2) is 32.2. The number of hydrogen-bond acceptors (Lipinski definition) is 4. The predicted molar refractivity (Wildman–Crippen MR) is 234 cm³/mol. The molecule has 55 heavy (non-hydrogen) atoms. The van der Waals surface area contributed by atoms with Gasteiger partial charge in [-0.15, -0.1) is 11.5 Å². The summed E-state index contributed by atoms with van der Waals surface area (Å²) in [6.45, 7) is 13.5. The van der Waals surface area contributed by atoms with Gasteiger partial charge in [-0.3, -0.25) is 9.98 Å². The van der Waals surface area contributed by atoms with E-state index in [1.54, 1.807) is 12.1 Å². The third kappa shape index (κ3) is 22.4. The van der Waals surface area contributed by atoms with E-state index < -0.39 is 0 Å². The Morgan fingerprint density at radius 3 is 1.38 bits per heavy atom. The Balaban J connectivity index is 0.000000986. The Kier molecular flexibility index (Phi) is 29.3. The summed E-state index contributed by atoms with van der Waals surface area (Å²) in [5.41, 5.74) is 9.81. The van der Waals surface area contributed by atoms with Crippen molar-refractivity contribution in [3.05, 3.63) is 82.4 Å². The maximum Gasteiger partial charge on any atom is 2.00 e. The van der Waals surface area contributed by atoms with Gasteiger partial charge in [0.2, 0.25) is 0 Å². The van der Waals surface area contributed by atoms with Crippen molar-refractivity contribution in [3.63, 3.8) is 0 Å². The number of aryl methyl sites for hydroxylation is 5. The van der Waals surface area contributed by atoms with Crippen molar-refractivity contribution in [1.29, 1.82) is 0 Å². The number of benzene rings is 3. The standard InChI is InChI=1S/C40H64N2.C10H14O2.Ni/c1-6-11-16-21-26-38(42-40-31-36(24-19-14-9-4)28-37(32-40)25-20-15-10-5)33-41-39-29-34(22-17-12-7-2)27-35(30-39)23-18-13-8-3;1-2-3-5-8-6-4-7-9(11)10(8)12;/h27-33H,6-26H2,1-5H3;4,6-7,11-12H,2-3,5H2,1H3;/q;;+2/p-2. The van der Waals surface area contributed by atoms with Crippen LogP contribution in [0.15, 0.2) is 64.6 Å². The van der Waals surface area contributed by atoms with Crippen molar-refractivity contribution < 1.29 is 26.7 Å². The van der Waals surface area contributed by atoms with Crippen LogP contribution >= 0.6 is 0 Å². The van der Waals surface area contributed by atoms with Gasteiger partial charge in [0.25, 0.3) is 0 Å². The molecule has 0 atom stereocenters. The molecule has 0 bridgehead atoms. The topological polar surface area (TPSA) is 70.8 Å². The molecule has 0 aliphatic carbocycles. The van der Waals surface area contributed by atoms with Gasteiger partial charge in [-0.05, 0) is 124 Å². The van der Waals surface area contributed by atoms with Gasteiger partial charge in [0.1, 0.15) is 0 Å². The van der Waals surface area contributed by atoms with Crippen LogP contribution in [0, 0.1) is 0 Å². The molecule has 0 unspecified atom stereocenters. The minimum Gasteiger partial charge on any atom is -0.873 e. The molecule has 3 rings (SSSR count). The molecule has 0 saturated carbocycles. The molecular formula is C50H76N2NiO2. The Bertz CT molecular complexity index is 1420. The third-order valence-electron chi connectivity index (χ3n) is 10.1. The molecule has 0 spiro atoms. The first-order chi connectivity index (χ1) is 26.4. The molecule has 0 fully saturated rings. The molecule has 0 aliphatic rings. The first kappa shape index (κ1) is 50.1. The molecule has 0 heterocycles. The van der Waals surface area contributed by atoms with Crippen LogP contribution in [0.2, 0.25) is 0 Å². The average molecular weight is 796 g/mol. The zero-order valence-electron chi connectivity index (χ0n) is 35.8. The molecule has 5 heteroatoms. The van der Waals surface area contributed by atoms with E-state index in [0.29, 0.717) is 5.56 Å². The molecule has 0 aliphatic heterocycles. The molecule has 0 saturated heterocycles. The maximum atomic E-state index is 11.2. The summed E-state index contributed by atoms with van der Waals surface area (Å²) in [5.74, 6) is -0.713. The summed E-state index contributed by atoms with van der Waals surface area (Å²) in [5, 5.41) is 22.1. The molecule has 3 aromatic rings. The van der Waals surface area contributed by atoms with E-state index in [0.717, 1.165) is 68.5 Å². The van der Waals surface area contributed by atoms with Crippen molar-refractivity contribution in [2.24, 2.45) is 9.98 Å². The Hall–Kier alpha value is -2.91. The van der Waals surface area contributed by atoms with Crippen LogP contribution in [0.4, 0.5) is 11.4 Å². The quantitative estimate of drug-likeness (QED) is 0.0438. The van der Waals surface area contributed by atoms with E-state index in [-0.39, 0.29) is 28.0 Å². The molecule has 0 aromatic heterocycles. The summed E-state index contributed by atoms with van der Waals surface area (Å²) in [7, 11) is 0. The van der Waals surface area contributed by atoms with Gasteiger partial charge in [0.05, 0.1) is 17.1 Å². The van der Waals surface area contributed by atoms with Crippen LogP contribution in [0.25, 0.3) is 0 Å². The van der Waals surface area contributed by atoms with E-state index in [1.807, 2.05) is 0 Å². The Labute approximate surface area is 348 Å². The SMILES string of the molecule is CCCCCCC(C=Nc1cc(CCCCC)cc(CCCCC)c1)=Nc1cc(CCCCC)cc(CCCCC)c1.CCCCc1cccc([O-])c1[O-].[Ni+2]. The smallest absolute Gasteiger partial charge is 0.873 e. The average Bonchev–Trinajstić information content (AvgIpc) is 3.17. The zero-order chi connectivity index (χ0) is 39.2. The van der Waals surface area contributed by atoms with Crippen molar-refractivity contribution >= 4 is 23.3 Å². The number of nitrogens with zero attached hydrogens (tertiary/aromatic N) is 2. The Morgan fingerprint density at radius 2 is 0.927 bits per heavy atom. The van der Waals surface area contributed by atoms with E-state index in [1.165, 1.54) is 131 Å². The number of aliphatic imine (C=N–C) groups is 2. The minimum absolute atomic E-state index is 0. The van der Waals surface area contributed by atoms with Crippen LogP contribution in [0.5, 0.6) is 11.5 Å². The maximum absolute atomic E-state index is 11.2. The summed E-state index contributed by atoms with van der Waals surface area (Å²) in [6, 6.07) is 18.9. The van der Waals surface area contributed by atoms with Crippen molar-refractivity contribution in [1.82, 2.24) is 0 Å². The van der Waals surface area contributed by atoms with Crippen LogP contribution < -0.4 is 10.2 Å². The van der Waals surface area contributed by atoms with Gasteiger partial charge in [-0.25, -0.2) is 0 Å². The van der Waals surface area contributed by atoms with Crippen LogP contribution in [-0.4, -0.2) is 11.9 Å². The normalized spacial score (nSPS) is 11.4. The zero-order valence-corrected chi connectivity index (χ0v) is 36.8. The van der Waals surface area contributed by atoms with Crippen LogP contribution in [0.1, 0.15) is 191 Å². The summed E-state index contributed by atoms with van der Waals surface area (Å²) < 4.78 is 0. The molecule has 0 N–H and O–H groups in total. The van der Waals surface area contributed by atoms with E-state index in [2.05, 4.69) is 84.2 Å². The van der Waals surface area contributed by atoms with Gasteiger partial charge in [0.15, 0.2) is 0 Å². The van der Waals surface area contributed by atoms with Crippen molar-refractivity contribution in [2.75, 3.05) is 0 Å². The minimum atomic E-state index is -0.386. The molecule has 308 valence electrons. The van der Waals surface area contributed by atoms with E-state index in [4.69, 9.17) is 9.98 Å². The second-order valence-corrected chi connectivity index (χ2v) is 15.4. The molecule has 0 amide bonds. The number of hydrogen-bond donors (Lipinski definition) is 0. The van der Waals surface area contributed by atoms with Gasteiger partial charge < -0.3 is 10.2 Å². The van der Waals surface area contributed by atoms with Crippen molar-refractivity contribution in [2.45, 2.75) is 196 Å². The number of unbranched alkanes of at least 4 members (excludes halogenated alkanes) is 12. The first-order valence-electron chi connectivity index (χ1n) is 22.2. The Morgan fingerprint density at radius 1 is 0.491 bits per heavy atom. The summed E-state index contributed by atoms with van der Waals surface area (Å²) >= 11 is 0. The predicted octanol–water partition coefficient (Wildman–Crippen LogP) is 14.2. The van der Waals surface area contributed by atoms with Gasteiger partial charge >= 0.3 is 16.5 Å². The van der Waals surface area contributed by atoms with Gasteiger partial charge in [0, 0.05) is 6.21 Å². The van der Waals surface area contributed by atoms with Crippen LogP contribution in [0.3, 0.4) is 0 Å². The van der Waals surface area contributed by atoms with Gasteiger partial charge in [-0.1, -0.05) is 154 Å². The molecule has 3 aromatic carbocycles. The molecule has 4 nitrogen and oxygen atoms in total. The number of para-hydroxylation sites is 1. The van der Waals surface area contributed by atoms with Crippen molar-refractivity contribution in [3.8, 4) is 11.5 Å². The van der Waals surface area contributed by atoms with E-state index in [9.17, 15) is 10.2 Å². The monoisotopic (exact) mass is 795 g/mol. The van der Waals surface area contributed by atoms with Crippen LogP contribution in [-0.2, 0) is 48.6 Å².